The van der Waals surface area contributed by atoms with Crippen LogP contribution < -0.4 is 16.0 Å². The molecule has 2 aromatic carbocycles. The molecule has 29 heavy (non-hydrogen) atoms. The minimum absolute atomic E-state index is 0.140. The number of para-hydroxylation sites is 1. The second-order valence-electron chi connectivity index (χ2n) is 6.72. The molecule has 150 valence electrons. The van der Waals surface area contributed by atoms with Crippen LogP contribution in [0.5, 0.6) is 0 Å². The average molecular weight is 412 g/mol. The third kappa shape index (κ3) is 5.61. The van der Waals surface area contributed by atoms with Crippen molar-refractivity contribution < 1.29 is 14.0 Å². The highest BCUT2D eigenvalue weighted by atomic mass is 32.1. The predicted octanol–water partition coefficient (Wildman–Crippen LogP) is 4.73. The van der Waals surface area contributed by atoms with E-state index < -0.39 is 12.1 Å². The summed E-state index contributed by atoms with van der Waals surface area (Å²) in [6, 6.07) is 13.8. The normalized spacial score (nSPS) is 11.7. The predicted molar refractivity (Wildman–Crippen MR) is 113 cm³/mol. The number of rotatable bonds is 6. The van der Waals surface area contributed by atoms with Crippen LogP contribution in [0.1, 0.15) is 13.8 Å². The second-order valence-corrected chi connectivity index (χ2v) is 7.58. The van der Waals surface area contributed by atoms with Gasteiger partial charge in [0.2, 0.25) is 5.91 Å². The third-order valence-corrected chi connectivity index (χ3v) is 4.88. The van der Waals surface area contributed by atoms with Crippen LogP contribution in [0.4, 0.5) is 20.0 Å². The third-order valence-electron chi connectivity index (χ3n) is 4.12. The Hall–Kier alpha value is -3.26. The molecule has 0 aliphatic heterocycles. The van der Waals surface area contributed by atoms with Gasteiger partial charge in [0.1, 0.15) is 11.9 Å². The number of thiazole rings is 1. The van der Waals surface area contributed by atoms with Crippen LogP contribution in [-0.4, -0.2) is 23.0 Å². The molecule has 1 heterocycles. The van der Waals surface area contributed by atoms with Crippen LogP contribution in [0.2, 0.25) is 0 Å². The van der Waals surface area contributed by atoms with Gasteiger partial charge in [-0.25, -0.2) is 14.2 Å². The van der Waals surface area contributed by atoms with E-state index in [1.165, 1.54) is 23.5 Å². The zero-order valence-corrected chi connectivity index (χ0v) is 16.8. The monoisotopic (exact) mass is 412 g/mol. The summed E-state index contributed by atoms with van der Waals surface area (Å²) in [6.45, 7) is 3.68. The summed E-state index contributed by atoms with van der Waals surface area (Å²) in [5.41, 5.74) is 1.83. The summed E-state index contributed by atoms with van der Waals surface area (Å²) in [6.07, 6.45) is 0. The molecule has 0 bridgehead atoms. The number of urea groups is 1. The lowest BCUT2D eigenvalue weighted by atomic mass is 10.0. The van der Waals surface area contributed by atoms with Crippen LogP contribution in [0.15, 0.2) is 60.0 Å². The van der Waals surface area contributed by atoms with Crippen LogP contribution in [0.25, 0.3) is 11.3 Å². The number of amides is 3. The number of hydrogen-bond donors (Lipinski definition) is 3. The van der Waals surface area contributed by atoms with Crippen molar-refractivity contribution in [1.82, 2.24) is 10.3 Å². The van der Waals surface area contributed by atoms with E-state index in [1.54, 1.807) is 41.8 Å². The largest absolute Gasteiger partial charge is 0.326 e. The Bertz CT molecular complexity index is 991. The molecule has 0 aliphatic rings. The number of carbonyl (C=O) groups is 2. The lowest BCUT2D eigenvalue weighted by Crippen LogP contribution is -2.48. The lowest BCUT2D eigenvalue weighted by molar-refractivity contribution is -0.118. The number of anilines is 2. The minimum Gasteiger partial charge on any atom is -0.326 e. The molecular formula is C21H21FN4O2S. The molecule has 1 aromatic heterocycles. The first-order valence-corrected chi connectivity index (χ1v) is 9.95. The second kappa shape index (κ2) is 9.29. The molecule has 0 spiro atoms. The van der Waals surface area contributed by atoms with E-state index >= 15 is 0 Å². The number of aromatic nitrogens is 1. The molecule has 0 saturated heterocycles. The molecule has 8 heteroatoms. The fraction of sp³-hybridized carbons (Fsp3) is 0.190. The average Bonchev–Trinajstić information content (AvgIpc) is 3.15. The Kier molecular flexibility index (Phi) is 6.56. The smallest absolute Gasteiger partial charge is 0.319 e. The maximum Gasteiger partial charge on any atom is 0.319 e. The van der Waals surface area contributed by atoms with E-state index in [-0.39, 0.29) is 17.6 Å². The van der Waals surface area contributed by atoms with Gasteiger partial charge in [-0.05, 0) is 30.2 Å². The van der Waals surface area contributed by atoms with Crippen molar-refractivity contribution in [2.45, 2.75) is 19.9 Å². The number of nitrogens with one attached hydrogen (secondary N) is 3. The molecule has 0 saturated carbocycles. The van der Waals surface area contributed by atoms with E-state index in [9.17, 15) is 14.0 Å². The van der Waals surface area contributed by atoms with Crippen molar-refractivity contribution in [3.8, 4) is 11.3 Å². The van der Waals surface area contributed by atoms with Gasteiger partial charge in [-0.1, -0.05) is 44.2 Å². The highest BCUT2D eigenvalue weighted by Crippen LogP contribution is 2.25. The fourth-order valence-electron chi connectivity index (χ4n) is 2.66. The molecular weight excluding hydrogens is 391 g/mol. The molecule has 3 aromatic rings. The molecule has 3 rings (SSSR count). The van der Waals surface area contributed by atoms with Crippen LogP contribution in [0.3, 0.4) is 0 Å². The van der Waals surface area contributed by atoms with Gasteiger partial charge in [0.15, 0.2) is 5.13 Å². The molecule has 6 nitrogen and oxygen atoms in total. The van der Waals surface area contributed by atoms with Gasteiger partial charge in [-0.2, -0.15) is 0 Å². The maximum atomic E-state index is 13.4. The first-order valence-electron chi connectivity index (χ1n) is 9.07. The molecule has 0 aliphatic carbocycles. The fourth-order valence-corrected chi connectivity index (χ4v) is 3.38. The van der Waals surface area contributed by atoms with Crippen LogP contribution in [0, 0.1) is 11.7 Å². The Balaban J connectivity index is 1.64. The number of carbonyl (C=O) groups excluding carboxylic acids is 2. The van der Waals surface area contributed by atoms with E-state index in [2.05, 4.69) is 20.9 Å². The van der Waals surface area contributed by atoms with E-state index in [0.717, 1.165) is 0 Å². The van der Waals surface area contributed by atoms with E-state index in [4.69, 9.17) is 0 Å². The van der Waals surface area contributed by atoms with Gasteiger partial charge in [-0.15, -0.1) is 11.3 Å². The molecule has 1 atom stereocenters. The van der Waals surface area contributed by atoms with Crippen LogP contribution >= 0.6 is 11.3 Å². The highest BCUT2D eigenvalue weighted by molar-refractivity contribution is 7.14. The first kappa shape index (κ1) is 20.5. The minimum atomic E-state index is -0.750. The summed E-state index contributed by atoms with van der Waals surface area (Å²) >= 11 is 1.24. The van der Waals surface area contributed by atoms with Gasteiger partial charge in [0, 0.05) is 16.6 Å². The van der Waals surface area contributed by atoms with Crippen molar-refractivity contribution >= 4 is 34.1 Å². The van der Waals surface area contributed by atoms with Crippen molar-refractivity contribution in [3.63, 3.8) is 0 Å². The Morgan fingerprint density at radius 2 is 1.79 bits per heavy atom. The van der Waals surface area contributed by atoms with Gasteiger partial charge >= 0.3 is 6.03 Å². The lowest BCUT2D eigenvalue weighted by Gasteiger charge is -2.21. The van der Waals surface area contributed by atoms with Crippen molar-refractivity contribution in [1.29, 1.82) is 0 Å². The Morgan fingerprint density at radius 1 is 1.03 bits per heavy atom. The zero-order valence-electron chi connectivity index (χ0n) is 16.0. The van der Waals surface area contributed by atoms with E-state index in [1.807, 2.05) is 19.9 Å². The number of benzene rings is 2. The van der Waals surface area contributed by atoms with Crippen molar-refractivity contribution in [2.75, 3.05) is 10.6 Å². The molecule has 1 unspecified atom stereocenters. The summed E-state index contributed by atoms with van der Waals surface area (Å²) in [5, 5.41) is 10.2. The van der Waals surface area contributed by atoms with Crippen molar-refractivity contribution in [3.05, 3.63) is 65.8 Å². The number of hydrogen-bond acceptors (Lipinski definition) is 4. The number of halogens is 1. The summed E-state index contributed by atoms with van der Waals surface area (Å²) < 4.78 is 13.4. The first-order chi connectivity index (χ1) is 13.9. The molecule has 0 fully saturated rings. The number of nitrogens with zero attached hydrogens (tertiary/aromatic N) is 1. The van der Waals surface area contributed by atoms with Crippen molar-refractivity contribution in [2.24, 2.45) is 5.92 Å². The summed E-state index contributed by atoms with van der Waals surface area (Å²) in [4.78, 5) is 29.3. The quantitative estimate of drug-likeness (QED) is 0.547. The topological polar surface area (TPSA) is 83.1 Å². The zero-order chi connectivity index (χ0) is 20.8. The Morgan fingerprint density at radius 3 is 2.48 bits per heavy atom. The highest BCUT2D eigenvalue weighted by Gasteiger charge is 2.25. The summed E-state index contributed by atoms with van der Waals surface area (Å²) in [5.74, 6) is -0.864. The summed E-state index contributed by atoms with van der Waals surface area (Å²) in [7, 11) is 0. The van der Waals surface area contributed by atoms with Gasteiger partial charge < -0.3 is 16.0 Å². The van der Waals surface area contributed by atoms with Gasteiger partial charge in [0.25, 0.3) is 0 Å². The standard InChI is InChI=1S/C21H21FN4O2S/c1-13(2)18(25-20(28)23-16-9-4-3-5-10-16)19(27)26-21-24-17(12-29-21)14-7-6-8-15(22)11-14/h3-13,18H,1-2H3,(H2,23,25,28)(H,24,26,27). The van der Waals surface area contributed by atoms with Gasteiger partial charge in [-0.3, -0.25) is 4.79 Å². The van der Waals surface area contributed by atoms with E-state index in [0.29, 0.717) is 22.1 Å². The molecule has 3 N–H and O–H groups in total. The molecule has 3 amide bonds. The SMILES string of the molecule is CC(C)C(NC(=O)Nc1ccccc1)C(=O)Nc1nc(-c2cccc(F)c2)cs1. The van der Waals surface area contributed by atoms with Gasteiger partial charge in [0.05, 0.1) is 5.69 Å². The Labute approximate surface area is 172 Å². The van der Waals surface area contributed by atoms with Crippen LogP contribution in [-0.2, 0) is 4.79 Å². The maximum absolute atomic E-state index is 13.4. The molecule has 0 radical (unpaired) electrons.